The van der Waals surface area contributed by atoms with E-state index in [9.17, 15) is 0 Å². The van der Waals surface area contributed by atoms with Gasteiger partial charge in [-0.15, -0.1) is 0 Å². The normalized spacial score (nSPS) is 4.50. The van der Waals surface area contributed by atoms with Gasteiger partial charge in [-0.25, -0.2) is 0 Å². The summed E-state index contributed by atoms with van der Waals surface area (Å²) in [6.07, 6.45) is 5.33. The first-order chi connectivity index (χ1) is 1.41. The van der Waals surface area contributed by atoms with Gasteiger partial charge in [0.15, 0.2) is 0 Å². The van der Waals surface area contributed by atoms with Gasteiger partial charge in [-0.2, -0.15) is 0 Å². The van der Waals surface area contributed by atoms with E-state index >= 15 is 0 Å². The summed E-state index contributed by atoms with van der Waals surface area (Å²) in [7, 11) is 0. The van der Waals surface area contributed by atoms with Crippen molar-refractivity contribution in [2.45, 2.75) is 0 Å². The first kappa shape index (κ1) is 8.87. The molecule has 0 saturated carbocycles. The van der Waals surface area contributed by atoms with Crippen molar-refractivity contribution in [3.8, 4) is 0 Å². The third kappa shape index (κ3) is 12.6. The fraction of sp³-hybridized carbons (Fsp3) is 0.500. The van der Waals surface area contributed by atoms with Crippen LogP contribution >= 0.6 is 11.8 Å². The molecule has 0 atom stereocenters. The number of thioether (sulfide) groups is 1. The third-order valence-electron chi connectivity index (χ3n) is 0. The maximum atomic E-state index is 3.40. The largest absolute Gasteiger partial charge is 2.00 e. The van der Waals surface area contributed by atoms with Crippen LogP contribution in [0.1, 0.15) is 0 Å². The first-order valence-corrected chi connectivity index (χ1v) is 2.09. The second-order valence-electron chi connectivity index (χ2n) is 0.289. The van der Waals surface area contributed by atoms with Crippen molar-refractivity contribution >= 4 is 11.8 Å². The molecule has 0 N–H and O–H groups in total. The fourth-order valence-electron chi connectivity index (χ4n) is 0. The zero-order chi connectivity index (χ0) is 2.71. The summed E-state index contributed by atoms with van der Waals surface area (Å²) in [6.45, 7) is 0. The van der Waals surface area contributed by atoms with Crippen LogP contribution in [0, 0.1) is 6.26 Å². The maximum Gasteiger partial charge on any atom is 2.00 e. The summed E-state index contributed by atoms with van der Waals surface area (Å²) in [5.74, 6) is 0. The Bertz CT molecular complexity index is 6.00. The predicted octanol–water partition coefficient (Wildman–Crippen LogP) is 1.14. The molecule has 0 nitrogen and oxygen atoms in total. The van der Waals surface area contributed by atoms with E-state index in [4.69, 9.17) is 0 Å². The van der Waals surface area contributed by atoms with Gasteiger partial charge in [-0.3, -0.25) is 6.26 Å². The average molecular weight is 112 g/mol. The second-order valence-corrected chi connectivity index (χ2v) is 0.866. The number of hydrogen-bond acceptors (Lipinski definition) is 1. The molecule has 0 aromatic carbocycles. The van der Waals surface area contributed by atoms with Gasteiger partial charge in [0.1, 0.15) is 0 Å². The van der Waals surface area contributed by atoms with Crippen molar-refractivity contribution in [3.05, 3.63) is 6.26 Å². The van der Waals surface area contributed by atoms with Crippen LogP contribution in [0.25, 0.3) is 0 Å². The summed E-state index contributed by atoms with van der Waals surface area (Å²) in [6, 6.07) is 0. The van der Waals surface area contributed by atoms with Crippen molar-refractivity contribution in [1.82, 2.24) is 0 Å². The summed E-state index contributed by atoms with van der Waals surface area (Å²) < 4.78 is 0. The molecule has 0 aromatic heterocycles. The van der Waals surface area contributed by atoms with E-state index < -0.39 is 0 Å². The SMILES string of the molecule is [CH2-]SC.[V+2]. The smallest absolute Gasteiger partial charge is 0.357 e. The van der Waals surface area contributed by atoms with Crippen LogP contribution in [-0.2, 0) is 18.6 Å². The number of rotatable bonds is 0. The second kappa shape index (κ2) is 9.05. The van der Waals surface area contributed by atoms with Crippen LogP contribution in [0.2, 0.25) is 0 Å². The third-order valence-corrected chi connectivity index (χ3v) is 0. The Kier molecular flexibility index (Phi) is 20.1. The van der Waals surface area contributed by atoms with Gasteiger partial charge < -0.3 is 11.8 Å². The Labute approximate surface area is 43.2 Å². The molecule has 0 rings (SSSR count). The minimum Gasteiger partial charge on any atom is -0.357 e. The molecule has 0 aliphatic rings. The molecule has 0 amide bonds. The van der Waals surface area contributed by atoms with Gasteiger partial charge in [-0.05, 0) is 6.26 Å². The van der Waals surface area contributed by atoms with Crippen LogP contribution in [0.5, 0.6) is 0 Å². The van der Waals surface area contributed by atoms with Gasteiger partial charge in [-0.1, -0.05) is 0 Å². The van der Waals surface area contributed by atoms with E-state index in [1.165, 1.54) is 11.8 Å². The van der Waals surface area contributed by atoms with E-state index in [-0.39, 0.29) is 18.6 Å². The van der Waals surface area contributed by atoms with Crippen molar-refractivity contribution in [2.75, 3.05) is 6.26 Å². The molecule has 0 aliphatic heterocycles. The van der Waals surface area contributed by atoms with E-state index in [1.54, 1.807) is 0 Å². The molecule has 2 heteroatoms. The minimum atomic E-state index is 0. The molecule has 0 saturated heterocycles. The molecular formula is C2H5SV+. The fourth-order valence-corrected chi connectivity index (χ4v) is 0. The summed E-state index contributed by atoms with van der Waals surface area (Å²) >= 11 is 1.50. The quantitative estimate of drug-likeness (QED) is 0.423. The average Bonchev–Trinajstić information content (AvgIpc) is 0.918. The standard InChI is InChI=1S/C2H5S.V/c1-3-2;/h1H2,2H3;/q-1;+2. The molecule has 1 radical (unpaired) electrons. The Morgan fingerprint density at radius 2 is 1.75 bits per heavy atom. The Hall–Kier alpha value is 0.934. The van der Waals surface area contributed by atoms with Crippen molar-refractivity contribution < 1.29 is 18.6 Å². The van der Waals surface area contributed by atoms with Gasteiger partial charge in [0.2, 0.25) is 0 Å². The molecule has 0 aromatic rings. The topological polar surface area (TPSA) is 0 Å². The van der Waals surface area contributed by atoms with E-state index in [0.717, 1.165) is 0 Å². The molecular weight excluding hydrogens is 107 g/mol. The monoisotopic (exact) mass is 112 g/mol. The first-order valence-electron chi connectivity index (χ1n) is 0.697. The number of hydrogen-bond donors (Lipinski definition) is 0. The maximum absolute atomic E-state index is 3.40. The van der Waals surface area contributed by atoms with Crippen LogP contribution in [0.15, 0.2) is 0 Å². The van der Waals surface area contributed by atoms with E-state index in [2.05, 4.69) is 6.26 Å². The molecule has 4 heavy (non-hydrogen) atoms. The Morgan fingerprint density at radius 3 is 1.75 bits per heavy atom. The Morgan fingerprint density at radius 1 is 1.75 bits per heavy atom. The van der Waals surface area contributed by atoms with Crippen LogP contribution in [0.4, 0.5) is 0 Å². The predicted molar refractivity (Wildman–Crippen MR) is 18.9 cm³/mol. The molecule has 0 unspecified atom stereocenters. The zero-order valence-electron chi connectivity index (χ0n) is 2.56. The van der Waals surface area contributed by atoms with Crippen LogP contribution in [0.3, 0.4) is 0 Å². The van der Waals surface area contributed by atoms with E-state index in [0.29, 0.717) is 0 Å². The molecule has 0 spiro atoms. The van der Waals surface area contributed by atoms with Crippen LogP contribution in [-0.4, -0.2) is 6.26 Å². The van der Waals surface area contributed by atoms with Gasteiger partial charge in [0.25, 0.3) is 0 Å². The van der Waals surface area contributed by atoms with Crippen LogP contribution < -0.4 is 0 Å². The van der Waals surface area contributed by atoms with Gasteiger partial charge >= 0.3 is 18.6 Å². The summed E-state index contributed by atoms with van der Waals surface area (Å²) in [5, 5.41) is 0. The summed E-state index contributed by atoms with van der Waals surface area (Å²) in [5.41, 5.74) is 0. The zero-order valence-corrected chi connectivity index (χ0v) is 4.78. The van der Waals surface area contributed by atoms with Crippen molar-refractivity contribution in [3.63, 3.8) is 0 Å². The van der Waals surface area contributed by atoms with Crippen molar-refractivity contribution in [2.24, 2.45) is 0 Å². The van der Waals surface area contributed by atoms with Crippen molar-refractivity contribution in [1.29, 1.82) is 0 Å². The molecule has 0 fully saturated rings. The molecule has 0 bridgehead atoms. The van der Waals surface area contributed by atoms with E-state index in [1.807, 2.05) is 6.26 Å². The molecule has 0 aliphatic carbocycles. The molecule has 0 heterocycles. The summed E-state index contributed by atoms with van der Waals surface area (Å²) in [4.78, 5) is 0. The van der Waals surface area contributed by atoms with Gasteiger partial charge in [0.05, 0.1) is 0 Å². The minimum absolute atomic E-state index is 0. The molecule has 23 valence electrons. The van der Waals surface area contributed by atoms with Gasteiger partial charge in [0, 0.05) is 0 Å². The Balaban J connectivity index is 0.